The molecule has 0 radical (unpaired) electrons. The Morgan fingerprint density at radius 2 is 1.32 bits per heavy atom. The fourth-order valence-electron chi connectivity index (χ4n) is 10.6. The Hall–Kier alpha value is -6.21. The first-order chi connectivity index (χ1) is 38.7. The first-order valence-corrected chi connectivity index (χ1v) is 28.8. The number of aromatic nitrogens is 2. The Morgan fingerprint density at radius 3 is 2.00 bits per heavy atom. The van der Waals surface area contributed by atoms with Gasteiger partial charge in [0.2, 0.25) is 17.7 Å². The number of amides is 4. The number of ketones is 1. The molecule has 9 rings (SSSR count). The first-order valence-electron chi connectivity index (χ1n) is 27.2. The summed E-state index contributed by atoms with van der Waals surface area (Å²) in [7, 11) is 0. The van der Waals surface area contributed by atoms with Crippen LogP contribution in [0.3, 0.4) is 0 Å². The van der Waals surface area contributed by atoms with Gasteiger partial charge >= 0.3 is 0 Å². The van der Waals surface area contributed by atoms with E-state index >= 15 is 0 Å². The summed E-state index contributed by atoms with van der Waals surface area (Å²) in [5.41, 5.74) is 5.67. The van der Waals surface area contributed by atoms with E-state index in [1.54, 1.807) is 59.5 Å². The number of β-amino-alcohol motifs (C(OH)–C–C–N with tert-alkyl or cyclic N) is 1. The quantitative estimate of drug-likeness (QED) is 0.0537. The Bertz CT molecular complexity index is 3020. The van der Waals surface area contributed by atoms with Crippen molar-refractivity contribution in [2.75, 3.05) is 90.4 Å². The molecule has 1 aromatic heterocycles. The fourth-order valence-corrected chi connectivity index (χ4v) is 11.2. The average molecular weight is 1170 g/mol. The van der Waals surface area contributed by atoms with E-state index in [-0.39, 0.29) is 80.0 Å². The van der Waals surface area contributed by atoms with Gasteiger partial charge in [-0.15, -0.1) is 0 Å². The third kappa shape index (κ3) is 16.3. The van der Waals surface area contributed by atoms with Gasteiger partial charge in [0, 0.05) is 115 Å². The molecule has 420 valence electrons. The molecule has 4 aliphatic rings. The minimum Gasteiger partial charge on any atom is -0.390 e. The summed E-state index contributed by atoms with van der Waals surface area (Å²) in [6, 6.07) is 28.7. The van der Waals surface area contributed by atoms with E-state index in [0.717, 1.165) is 70.8 Å². The number of aliphatic hydroxyl groups is 1. The molecule has 16 nitrogen and oxygen atoms in total. The van der Waals surface area contributed by atoms with E-state index < -0.39 is 12.1 Å². The van der Waals surface area contributed by atoms with Crippen LogP contribution in [0.2, 0.25) is 20.1 Å². The molecule has 0 spiro atoms. The molecule has 4 aliphatic heterocycles. The van der Waals surface area contributed by atoms with E-state index in [9.17, 15) is 29.1 Å². The molecule has 5 aromatic rings. The molecule has 4 N–H and O–H groups in total. The number of piperidine rings is 1. The number of piperazine rings is 1. The summed E-state index contributed by atoms with van der Waals surface area (Å²) in [5.74, 6) is -0.734. The highest BCUT2D eigenvalue weighted by molar-refractivity contribution is 6.42. The van der Waals surface area contributed by atoms with Gasteiger partial charge in [-0.25, -0.2) is 9.97 Å². The molecule has 3 fully saturated rings. The van der Waals surface area contributed by atoms with Crippen LogP contribution < -0.4 is 16.0 Å². The number of carbonyl (C=O) groups is 5. The summed E-state index contributed by atoms with van der Waals surface area (Å²) in [4.78, 5) is 87.6. The normalized spacial score (nSPS) is 18.1. The van der Waals surface area contributed by atoms with Crippen LogP contribution in [0.4, 0.5) is 5.82 Å². The van der Waals surface area contributed by atoms with E-state index in [0.29, 0.717) is 74.2 Å². The van der Waals surface area contributed by atoms with E-state index in [4.69, 9.17) is 46.4 Å². The zero-order chi connectivity index (χ0) is 56.1. The number of benzene rings is 4. The number of halogens is 4. The molecular weight excluding hydrogens is 1100 g/mol. The number of hydrogen-bond donors (Lipinski definition) is 4. The zero-order valence-electron chi connectivity index (χ0n) is 44.5. The molecule has 0 bridgehead atoms. The summed E-state index contributed by atoms with van der Waals surface area (Å²) in [6.07, 6.45) is 6.78. The van der Waals surface area contributed by atoms with Gasteiger partial charge in [0.25, 0.3) is 5.91 Å². The Balaban J connectivity index is 0.687. The molecular formula is C60H66Cl4N10O6. The second kappa shape index (κ2) is 28.0. The van der Waals surface area contributed by atoms with Crippen molar-refractivity contribution >= 4 is 93.8 Å². The Labute approximate surface area is 487 Å². The van der Waals surface area contributed by atoms with Crippen molar-refractivity contribution < 1.29 is 29.1 Å². The summed E-state index contributed by atoms with van der Waals surface area (Å²) in [5, 5.41) is 21.3. The number of aliphatic hydroxyl groups excluding tert-OH is 1. The van der Waals surface area contributed by atoms with Crippen LogP contribution >= 0.6 is 46.4 Å². The summed E-state index contributed by atoms with van der Waals surface area (Å²) < 4.78 is 0. The van der Waals surface area contributed by atoms with Crippen molar-refractivity contribution in [3.63, 3.8) is 0 Å². The van der Waals surface area contributed by atoms with E-state index in [2.05, 4.69) is 58.8 Å². The van der Waals surface area contributed by atoms with Gasteiger partial charge in [-0.1, -0.05) is 113 Å². The zero-order valence-corrected chi connectivity index (χ0v) is 47.5. The molecule has 5 heterocycles. The Kier molecular flexibility index (Phi) is 20.4. The van der Waals surface area contributed by atoms with E-state index in [1.165, 1.54) is 17.5 Å². The van der Waals surface area contributed by atoms with Gasteiger partial charge < -0.3 is 30.9 Å². The lowest BCUT2D eigenvalue weighted by Gasteiger charge is -2.40. The monoisotopic (exact) mass is 1160 g/mol. The molecule has 4 amide bonds. The largest absolute Gasteiger partial charge is 0.390 e. The predicted octanol–water partition coefficient (Wildman–Crippen LogP) is 7.35. The number of carbonyl (C=O) groups excluding carboxylic acids is 5. The van der Waals surface area contributed by atoms with Crippen molar-refractivity contribution in [2.24, 2.45) is 0 Å². The van der Waals surface area contributed by atoms with Crippen LogP contribution in [0.15, 0.2) is 115 Å². The van der Waals surface area contributed by atoms with Crippen molar-refractivity contribution in [2.45, 2.75) is 63.3 Å². The lowest BCUT2D eigenvalue weighted by Crippen LogP contribution is -2.55. The van der Waals surface area contributed by atoms with Gasteiger partial charge in [-0.2, -0.15) is 0 Å². The van der Waals surface area contributed by atoms with Crippen molar-refractivity contribution in [3.05, 3.63) is 168 Å². The molecule has 4 aromatic carbocycles. The number of anilines is 1. The number of hydrogen-bond acceptors (Lipinski definition) is 12. The highest BCUT2D eigenvalue weighted by Gasteiger charge is 2.34. The topological polar surface area (TPSA) is 184 Å². The summed E-state index contributed by atoms with van der Waals surface area (Å²) >= 11 is 25.0. The van der Waals surface area contributed by atoms with Crippen LogP contribution in [0.5, 0.6) is 0 Å². The van der Waals surface area contributed by atoms with Crippen LogP contribution in [-0.2, 0) is 38.6 Å². The van der Waals surface area contributed by atoms with Crippen LogP contribution in [0.1, 0.15) is 64.0 Å². The second-order valence-electron chi connectivity index (χ2n) is 21.0. The minimum absolute atomic E-state index is 0.000414. The van der Waals surface area contributed by atoms with Crippen molar-refractivity contribution in [1.29, 1.82) is 0 Å². The maximum absolute atomic E-state index is 14.6. The molecule has 80 heavy (non-hydrogen) atoms. The van der Waals surface area contributed by atoms with Gasteiger partial charge in [-0.05, 0) is 96.6 Å². The standard InChI is InChI=1S/C60H66Cl4N10O6/c61-49-16-14-41(28-51(49)63)26-45-34-74(35-46(58(45)78)27-42-15-17-50(62)52(64)29-42)60(80)54(30-40-8-2-1-3-9-40)69-56(76)12-6-13-57(77)73-24-22-70(23-25-73)19-7-20-71-36-47(37-71)68-55-31-53(66-39-67-55)59(79)65-32-48(75)38-72-21-18-43-10-4-5-11-44(43)33-72/h1-5,8-11,14-17,26-29,31,39,47-48,54,75H,6-7,12-13,18-25,30,32-38H2,(H,65,79)(H,69,76)(H,66,67,68)/b45-26+,46-27+/t48-,54?/m0/s1. The number of likely N-dealkylation sites (tertiary alicyclic amines) is 2. The SMILES string of the molecule is O=C(CCCC(=O)N1CCN(CCCN2CC(Nc3cc(C(=O)NC[C@H](O)CN4CCc5ccccc5C4)ncn3)C2)CC1)NC(Cc1ccccc1)C(=O)N1C/C(=C\c2ccc(Cl)c(Cl)c2)C(=O)/C(=C/c2ccc(Cl)c(Cl)c2)C1. The first kappa shape index (κ1) is 58.4. The number of nitrogens with zero attached hydrogens (tertiary/aromatic N) is 7. The third-order valence-corrected chi connectivity index (χ3v) is 16.4. The second-order valence-corrected chi connectivity index (χ2v) is 22.6. The van der Waals surface area contributed by atoms with Gasteiger partial charge in [-0.3, -0.25) is 38.7 Å². The highest BCUT2D eigenvalue weighted by atomic mass is 35.5. The third-order valence-electron chi connectivity index (χ3n) is 15.0. The molecule has 3 saturated heterocycles. The van der Waals surface area contributed by atoms with E-state index in [1.807, 2.05) is 41.3 Å². The predicted molar refractivity (Wildman–Crippen MR) is 314 cm³/mol. The summed E-state index contributed by atoms with van der Waals surface area (Å²) in [6.45, 7) is 8.56. The Morgan fingerprint density at radius 1 is 0.675 bits per heavy atom. The van der Waals surface area contributed by atoms with Crippen molar-refractivity contribution in [3.8, 4) is 0 Å². The molecule has 20 heteroatoms. The maximum atomic E-state index is 14.6. The lowest BCUT2D eigenvalue weighted by atomic mass is 9.93. The number of fused-ring (bicyclic) bond motifs is 1. The van der Waals surface area contributed by atoms with Gasteiger partial charge in [0.05, 0.1) is 32.2 Å². The molecule has 2 atom stereocenters. The molecule has 1 unspecified atom stereocenters. The maximum Gasteiger partial charge on any atom is 0.270 e. The van der Waals surface area contributed by atoms with Crippen LogP contribution in [0.25, 0.3) is 12.2 Å². The van der Waals surface area contributed by atoms with Crippen LogP contribution in [0, 0.1) is 0 Å². The molecule has 0 aliphatic carbocycles. The number of rotatable bonds is 21. The van der Waals surface area contributed by atoms with Gasteiger partial charge in [0.15, 0.2) is 5.78 Å². The lowest BCUT2D eigenvalue weighted by molar-refractivity contribution is -0.137. The minimum atomic E-state index is -0.958. The van der Waals surface area contributed by atoms with Crippen LogP contribution in [-0.4, -0.2) is 172 Å². The number of Topliss-reactive ketones (excluding diaryl/α,β-unsaturated/α-hetero) is 1. The smallest absolute Gasteiger partial charge is 0.270 e. The van der Waals surface area contributed by atoms with Crippen molar-refractivity contribution in [1.82, 2.24) is 45.1 Å². The number of nitrogens with one attached hydrogen (secondary N) is 3. The molecule has 0 saturated carbocycles. The van der Waals surface area contributed by atoms with Gasteiger partial charge in [0.1, 0.15) is 23.9 Å². The fraction of sp³-hybridized carbons (Fsp3) is 0.383. The average Bonchev–Trinajstić information content (AvgIpc) is 3.46. The highest BCUT2D eigenvalue weighted by Crippen LogP contribution is 2.29.